The first kappa shape index (κ1) is 18.7. The summed E-state index contributed by atoms with van der Waals surface area (Å²) in [6.45, 7) is 0. The number of aromatic nitrogens is 2. The molecule has 2 aliphatic rings. The highest BCUT2D eigenvalue weighted by atomic mass is 16.2. The molecule has 3 aromatic rings. The molecular formula is C24H23N5O. The van der Waals surface area contributed by atoms with Gasteiger partial charge in [-0.1, -0.05) is 36.4 Å². The maximum atomic E-state index is 12.6. The molecule has 4 atom stereocenters. The number of amides is 1. The molecule has 6 heteroatoms. The van der Waals surface area contributed by atoms with E-state index in [2.05, 4.69) is 32.7 Å². The van der Waals surface area contributed by atoms with Crippen LogP contribution in [0.15, 0.2) is 55.0 Å². The molecule has 2 aromatic carbocycles. The Balaban J connectivity index is 1.25. The van der Waals surface area contributed by atoms with Crippen LogP contribution in [0.2, 0.25) is 0 Å². The van der Waals surface area contributed by atoms with Crippen molar-refractivity contribution >= 4 is 16.8 Å². The number of rotatable bonds is 5. The quantitative estimate of drug-likeness (QED) is 0.691. The normalized spacial score (nSPS) is 23.2. The van der Waals surface area contributed by atoms with Gasteiger partial charge in [-0.3, -0.25) is 4.79 Å². The predicted octanol–water partition coefficient (Wildman–Crippen LogP) is 2.99. The largest absolute Gasteiger partial charge is 0.339 e. The molecule has 1 aromatic heterocycles. The van der Waals surface area contributed by atoms with Crippen molar-refractivity contribution < 1.29 is 4.79 Å². The molecule has 2 bridgehead atoms. The van der Waals surface area contributed by atoms with Gasteiger partial charge in [-0.15, -0.1) is 0 Å². The molecule has 1 aliphatic carbocycles. The zero-order chi connectivity index (χ0) is 20.5. The topological polar surface area (TPSA) is 90.7 Å². The highest BCUT2D eigenvalue weighted by molar-refractivity contribution is 5.84. The van der Waals surface area contributed by atoms with Crippen molar-refractivity contribution in [2.45, 2.75) is 43.8 Å². The summed E-state index contributed by atoms with van der Waals surface area (Å²) in [5.74, 6) is 0.379. The van der Waals surface area contributed by atoms with Crippen LogP contribution >= 0.6 is 0 Å². The van der Waals surface area contributed by atoms with E-state index in [0.29, 0.717) is 18.4 Å². The highest BCUT2D eigenvalue weighted by Crippen LogP contribution is 2.35. The van der Waals surface area contributed by atoms with E-state index < -0.39 is 6.04 Å². The summed E-state index contributed by atoms with van der Waals surface area (Å²) in [7, 11) is 0. The molecule has 5 rings (SSSR count). The maximum absolute atomic E-state index is 12.6. The van der Waals surface area contributed by atoms with E-state index in [1.165, 1.54) is 0 Å². The highest BCUT2D eigenvalue weighted by Gasteiger charge is 2.43. The lowest BCUT2D eigenvalue weighted by atomic mass is 9.98. The molecule has 2 heterocycles. The lowest BCUT2D eigenvalue weighted by molar-refractivity contribution is -0.124. The average molecular weight is 397 g/mol. The fourth-order valence-corrected chi connectivity index (χ4v) is 4.76. The Morgan fingerprint density at radius 2 is 2.03 bits per heavy atom. The second-order valence-corrected chi connectivity index (χ2v) is 8.30. The second-order valence-electron chi connectivity index (χ2n) is 8.30. The van der Waals surface area contributed by atoms with Crippen LogP contribution in [0.4, 0.5) is 0 Å². The standard InChI is InChI=1S/C24H23N5O/c25-12-21(29-24(30)23-18-7-8-20(10-18)28-23)9-15-1-3-16(4-2-15)17-5-6-19-13-26-14-27-22(19)11-17/h1-6,11,13-14,18,20-21,23,28H,7-10H2,(H,29,30)/t18-,20+,21-,23-/m0/s1. The van der Waals surface area contributed by atoms with Gasteiger partial charge in [0.05, 0.1) is 17.6 Å². The number of nitrogens with zero attached hydrogens (tertiary/aromatic N) is 3. The van der Waals surface area contributed by atoms with Crippen molar-refractivity contribution in [2.75, 3.05) is 0 Å². The van der Waals surface area contributed by atoms with E-state index in [-0.39, 0.29) is 11.9 Å². The van der Waals surface area contributed by atoms with Gasteiger partial charge in [0.15, 0.2) is 0 Å². The van der Waals surface area contributed by atoms with Gasteiger partial charge in [-0.25, -0.2) is 9.97 Å². The van der Waals surface area contributed by atoms with Crippen LogP contribution in [0.1, 0.15) is 24.8 Å². The zero-order valence-corrected chi connectivity index (χ0v) is 16.6. The minimum Gasteiger partial charge on any atom is -0.339 e. The van der Waals surface area contributed by atoms with Gasteiger partial charge in [0, 0.05) is 24.0 Å². The number of nitrogens with one attached hydrogen (secondary N) is 2. The number of carbonyl (C=O) groups is 1. The molecule has 30 heavy (non-hydrogen) atoms. The van der Waals surface area contributed by atoms with E-state index in [9.17, 15) is 10.1 Å². The summed E-state index contributed by atoms with van der Waals surface area (Å²) in [5.41, 5.74) is 4.10. The van der Waals surface area contributed by atoms with E-state index in [1.807, 2.05) is 36.4 Å². The van der Waals surface area contributed by atoms with Crippen LogP contribution < -0.4 is 10.6 Å². The molecule has 150 valence electrons. The molecule has 1 saturated carbocycles. The zero-order valence-electron chi connectivity index (χ0n) is 16.6. The third kappa shape index (κ3) is 3.64. The Morgan fingerprint density at radius 3 is 2.77 bits per heavy atom. The molecule has 0 spiro atoms. The maximum Gasteiger partial charge on any atom is 0.238 e. The van der Waals surface area contributed by atoms with Gasteiger partial charge in [0.2, 0.25) is 5.91 Å². The summed E-state index contributed by atoms with van der Waals surface area (Å²) in [5, 5.41) is 16.9. The van der Waals surface area contributed by atoms with Crippen LogP contribution in [0, 0.1) is 17.2 Å². The van der Waals surface area contributed by atoms with Gasteiger partial charge in [-0.05, 0) is 47.9 Å². The molecule has 1 saturated heterocycles. The van der Waals surface area contributed by atoms with Gasteiger partial charge < -0.3 is 10.6 Å². The molecule has 1 amide bonds. The van der Waals surface area contributed by atoms with Gasteiger partial charge in [0.25, 0.3) is 0 Å². The van der Waals surface area contributed by atoms with Crippen LogP contribution in [0.25, 0.3) is 22.0 Å². The van der Waals surface area contributed by atoms with Crippen molar-refractivity contribution in [3.63, 3.8) is 0 Å². The SMILES string of the molecule is N#C[C@H](Cc1ccc(-c2ccc3cncnc3c2)cc1)NC(=O)[C@H]1N[C@@H]2CC[C@H]1C2. The molecule has 2 fully saturated rings. The Labute approximate surface area is 175 Å². The lowest BCUT2D eigenvalue weighted by Gasteiger charge is -2.23. The van der Waals surface area contributed by atoms with Crippen LogP contribution in [-0.4, -0.2) is 34.0 Å². The number of hydrogen-bond donors (Lipinski definition) is 2. The minimum absolute atomic E-state index is 0.0384. The molecule has 2 N–H and O–H groups in total. The van der Waals surface area contributed by atoms with Crippen molar-refractivity contribution in [3.05, 3.63) is 60.6 Å². The smallest absolute Gasteiger partial charge is 0.238 e. The third-order valence-corrected chi connectivity index (χ3v) is 6.35. The number of fused-ring (bicyclic) bond motifs is 3. The van der Waals surface area contributed by atoms with E-state index in [1.54, 1.807) is 12.5 Å². The Hall–Kier alpha value is -3.30. The summed E-state index contributed by atoms with van der Waals surface area (Å²) < 4.78 is 0. The summed E-state index contributed by atoms with van der Waals surface area (Å²) >= 11 is 0. The van der Waals surface area contributed by atoms with Crippen LogP contribution in [-0.2, 0) is 11.2 Å². The Morgan fingerprint density at radius 1 is 1.20 bits per heavy atom. The van der Waals surface area contributed by atoms with Crippen LogP contribution in [0.3, 0.4) is 0 Å². The first-order valence-corrected chi connectivity index (χ1v) is 10.4. The van der Waals surface area contributed by atoms with Crippen molar-refractivity contribution in [2.24, 2.45) is 5.92 Å². The van der Waals surface area contributed by atoms with Gasteiger partial charge >= 0.3 is 0 Å². The molecule has 6 nitrogen and oxygen atoms in total. The van der Waals surface area contributed by atoms with Crippen molar-refractivity contribution in [3.8, 4) is 17.2 Å². The molecule has 1 aliphatic heterocycles. The molecule has 0 radical (unpaired) electrons. The molecule has 0 unspecified atom stereocenters. The van der Waals surface area contributed by atoms with E-state index >= 15 is 0 Å². The number of benzene rings is 2. The van der Waals surface area contributed by atoms with Crippen molar-refractivity contribution in [1.82, 2.24) is 20.6 Å². The number of hydrogen-bond acceptors (Lipinski definition) is 5. The van der Waals surface area contributed by atoms with E-state index in [4.69, 9.17) is 0 Å². The number of piperidine rings is 1. The first-order chi connectivity index (χ1) is 14.7. The third-order valence-electron chi connectivity index (χ3n) is 6.35. The Kier molecular flexibility index (Phi) is 4.89. The lowest BCUT2D eigenvalue weighted by Crippen LogP contribution is -2.50. The summed E-state index contributed by atoms with van der Waals surface area (Å²) in [4.78, 5) is 21.0. The fraction of sp³-hybridized carbons (Fsp3) is 0.333. The summed E-state index contributed by atoms with van der Waals surface area (Å²) in [6.07, 6.45) is 7.20. The summed E-state index contributed by atoms with van der Waals surface area (Å²) in [6, 6.07) is 16.3. The monoisotopic (exact) mass is 397 g/mol. The average Bonchev–Trinajstić information content (AvgIpc) is 3.43. The minimum atomic E-state index is -0.526. The van der Waals surface area contributed by atoms with E-state index in [0.717, 1.165) is 46.9 Å². The second kappa shape index (κ2) is 7.85. The number of carbonyl (C=O) groups excluding carboxylic acids is 1. The first-order valence-electron chi connectivity index (χ1n) is 10.4. The van der Waals surface area contributed by atoms with Crippen molar-refractivity contribution in [1.29, 1.82) is 5.26 Å². The molecular weight excluding hydrogens is 374 g/mol. The Bertz CT molecular complexity index is 1120. The number of nitriles is 1. The fourth-order valence-electron chi connectivity index (χ4n) is 4.76. The van der Waals surface area contributed by atoms with Gasteiger partial charge in [-0.2, -0.15) is 5.26 Å². The predicted molar refractivity (Wildman–Crippen MR) is 114 cm³/mol. The van der Waals surface area contributed by atoms with Gasteiger partial charge in [0.1, 0.15) is 12.4 Å². The van der Waals surface area contributed by atoms with Crippen LogP contribution in [0.5, 0.6) is 0 Å².